The van der Waals surface area contributed by atoms with Crippen molar-refractivity contribution in [2.45, 2.75) is 38.4 Å². The van der Waals surface area contributed by atoms with Crippen molar-refractivity contribution in [3.05, 3.63) is 72.1 Å². The van der Waals surface area contributed by atoms with Gasteiger partial charge in [0.15, 0.2) is 0 Å². The van der Waals surface area contributed by atoms with Crippen LogP contribution >= 0.6 is 0 Å². The molecule has 0 aliphatic carbocycles. The van der Waals surface area contributed by atoms with Gasteiger partial charge in [-0.25, -0.2) is 4.68 Å². The molecule has 0 bridgehead atoms. The monoisotopic (exact) mass is 420 g/mol. The van der Waals surface area contributed by atoms with E-state index in [1.54, 1.807) is 11.0 Å². The van der Waals surface area contributed by atoms with E-state index in [1.165, 1.54) is 5.56 Å². The van der Waals surface area contributed by atoms with E-state index in [0.717, 1.165) is 24.3 Å². The summed E-state index contributed by atoms with van der Waals surface area (Å²) >= 11 is 0. The van der Waals surface area contributed by atoms with Crippen LogP contribution in [-0.4, -0.2) is 56.8 Å². The zero-order valence-electron chi connectivity index (χ0n) is 17.7. The second-order valence-corrected chi connectivity index (χ2v) is 7.73. The third kappa shape index (κ3) is 5.46. The lowest BCUT2D eigenvalue weighted by Crippen LogP contribution is -2.43. The van der Waals surface area contributed by atoms with E-state index >= 15 is 0 Å². The van der Waals surface area contributed by atoms with Gasteiger partial charge in [0.05, 0.1) is 18.7 Å². The lowest BCUT2D eigenvalue weighted by molar-refractivity contribution is -0.125. The topological polar surface area (TPSA) is 85.2 Å². The summed E-state index contributed by atoms with van der Waals surface area (Å²) in [6, 6.07) is 18.1. The Balaban J connectivity index is 1.41. The minimum Gasteiger partial charge on any atom is -0.494 e. The van der Waals surface area contributed by atoms with Crippen molar-refractivity contribution in [3.63, 3.8) is 0 Å². The molecule has 31 heavy (non-hydrogen) atoms. The summed E-state index contributed by atoms with van der Waals surface area (Å²) in [5, 5.41) is 14.7. The molecule has 8 heteroatoms. The fraction of sp³-hybridized carbons (Fsp3) is 0.391. The first-order chi connectivity index (χ1) is 15.2. The molecule has 0 spiro atoms. The molecule has 1 N–H and O–H groups in total. The summed E-state index contributed by atoms with van der Waals surface area (Å²) in [5.41, 5.74) is 2.36. The number of nitrogens with one attached hydrogen (secondary N) is 1. The molecule has 0 unspecified atom stereocenters. The molecular formula is C23H28N6O2. The fourth-order valence-corrected chi connectivity index (χ4v) is 4.04. The average molecular weight is 421 g/mol. The molecule has 1 aromatic heterocycles. The van der Waals surface area contributed by atoms with E-state index in [1.807, 2.05) is 37.3 Å². The summed E-state index contributed by atoms with van der Waals surface area (Å²) in [4.78, 5) is 15.3. The van der Waals surface area contributed by atoms with Crippen LogP contribution in [-0.2, 0) is 17.8 Å². The van der Waals surface area contributed by atoms with Crippen LogP contribution in [0.3, 0.4) is 0 Å². The summed E-state index contributed by atoms with van der Waals surface area (Å²) in [7, 11) is 0. The largest absolute Gasteiger partial charge is 0.494 e. The second kappa shape index (κ2) is 10.2. The Labute approximate surface area is 182 Å². The molecule has 2 aromatic carbocycles. The highest BCUT2D eigenvalue weighted by atomic mass is 16.5. The smallest absolute Gasteiger partial charge is 0.237 e. The van der Waals surface area contributed by atoms with Gasteiger partial charge < -0.3 is 10.1 Å². The second-order valence-electron chi connectivity index (χ2n) is 7.73. The molecule has 162 valence electrons. The first kappa shape index (κ1) is 21.0. The highest BCUT2D eigenvalue weighted by Crippen LogP contribution is 2.28. The number of carbonyl (C=O) groups excluding carboxylic acids is 1. The van der Waals surface area contributed by atoms with Crippen LogP contribution in [0.25, 0.3) is 0 Å². The van der Waals surface area contributed by atoms with Gasteiger partial charge >= 0.3 is 0 Å². The maximum atomic E-state index is 13.1. The van der Waals surface area contributed by atoms with Crippen molar-refractivity contribution in [2.24, 2.45) is 0 Å². The third-order valence-corrected chi connectivity index (χ3v) is 5.60. The van der Waals surface area contributed by atoms with E-state index in [2.05, 4.69) is 50.0 Å². The molecule has 1 amide bonds. The van der Waals surface area contributed by atoms with Gasteiger partial charge in [0.1, 0.15) is 12.1 Å². The Hall–Kier alpha value is -3.26. The van der Waals surface area contributed by atoms with Crippen LogP contribution in [0.2, 0.25) is 0 Å². The van der Waals surface area contributed by atoms with Crippen molar-refractivity contribution in [3.8, 4) is 5.75 Å². The molecule has 8 nitrogen and oxygen atoms in total. The Bertz CT molecular complexity index is 946. The number of aromatic nitrogens is 4. The number of ether oxygens (including phenoxy) is 1. The normalized spacial score (nSPS) is 18.7. The zero-order valence-corrected chi connectivity index (χ0v) is 17.7. The maximum Gasteiger partial charge on any atom is 0.237 e. The van der Waals surface area contributed by atoms with E-state index in [0.29, 0.717) is 26.1 Å². The SMILES string of the molecule is CCOc1ccc(CN2C[C@@H](n3cnnn3)C[C@H]2C(=O)NCCc2ccccc2)cc1. The Morgan fingerprint density at radius 2 is 1.94 bits per heavy atom. The fourth-order valence-electron chi connectivity index (χ4n) is 4.04. The molecular weight excluding hydrogens is 392 g/mol. The van der Waals surface area contributed by atoms with Crippen LogP contribution < -0.4 is 10.1 Å². The van der Waals surface area contributed by atoms with Gasteiger partial charge in [0.25, 0.3) is 0 Å². The first-order valence-electron chi connectivity index (χ1n) is 10.7. The van der Waals surface area contributed by atoms with Crippen LogP contribution in [0.1, 0.15) is 30.5 Å². The van der Waals surface area contributed by atoms with Crippen molar-refractivity contribution < 1.29 is 9.53 Å². The minimum atomic E-state index is -0.225. The minimum absolute atomic E-state index is 0.0532. The van der Waals surface area contributed by atoms with Crippen LogP contribution in [0.15, 0.2) is 60.9 Å². The molecule has 1 aliphatic rings. The van der Waals surface area contributed by atoms with E-state index in [9.17, 15) is 4.79 Å². The maximum absolute atomic E-state index is 13.1. The molecule has 2 heterocycles. The van der Waals surface area contributed by atoms with Gasteiger partial charge in [0.2, 0.25) is 5.91 Å². The average Bonchev–Trinajstić information content (AvgIpc) is 3.46. The van der Waals surface area contributed by atoms with Crippen molar-refractivity contribution in [1.82, 2.24) is 30.4 Å². The van der Waals surface area contributed by atoms with Crippen LogP contribution in [0.4, 0.5) is 0 Å². The number of likely N-dealkylation sites (tertiary alicyclic amines) is 1. The van der Waals surface area contributed by atoms with Crippen molar-refractivity contribution >= 4 is 5.91 Å². The number of tetrazole rings is 1. The lowest BCUT2D eigenvalue weighted by atomic mass is 10.1. The molecule has 0 saturated carbocycles. The Morgan fingerprint density at radius 1 is 1.13 bits per heavy atom. The Morgan fingerprint density at radius 3 is 2.65 bits per heavy atom. The molecule has 1 fully saturated rings. The quantitative estimate of drug-likeness (QED) is 0.572. The number of nitrogens with zero attached hydrogens (tertiary/aromatic N) is 5. The van der Waals surface area contributed by atoms with Gasteiger partial charge in [-0.2, -0.15) is 0 Å². The number of carbonyl (C=O) groups is 1. The van der Waals surface area contributed by atoms with E-state index in [4.69, 9.17) is 4.74 Å². The number of amides is 1. The molecule has 1 saturated heterocycles. The first-order valence-corrected chi connectivity index (χ1v) is 10.7. The summed E-state index contributed by atoms with van der Waals surface area (Å²) in [5.74, 6) is 0.909. The molecule has 4 rings (SSSR count). The van der Waals surface area contributed by atoms with Gasteiger partial charge in [0, 0.05) is 19.6 Å². The van der Waals surface area contributed by atoms with Crippen LogP contribution in [0, 0.1) is 0 Å². The van der Waals surface area contributed by atoms with Crippen LogP contribution in [0.5, 0.6) is 5.75 Å². The number of rotatable bonds is 9. The van der Waals surface area contributed by atoms with E-state index < -0.39 is 0 Å². The van der Waals surface area contributed by atoms with Crippen molar-refractivity contribution in [2.75, 3.05) is 19.7 Å². The van der Waals surface area contributed by atoms with Gasteiger partial charge in [-0.15, -0.1) is 5.10 Å². The standard InChI is InChI=1S/C23H28N6O2/c1-2-31-21-10-8-19(9-11-21)15-28-16-20(29-17-25-26-27-29)14-22(28)23(30)24-13-12-18-6-4-3-5-7-18/h3-11,17,20,22H,2,12-16H2,1H3,(H,24,30)/t20-,22-/m0/s1. The van der Waals surface area contributed by atoms with Crippen molar-refractivity contribution in [1.29, 1.82) is 0 Å². The molecule has 0 radical (unpaired) electrons. The predicted octanol–water partition coefficient (Wildman–Crippen LogP) is 2.25. The van der Waals surface area contributed by atoms with Gasteiger partial charge in [-0.3, -0.25) is 9.69 Å². The summed E-state index contributed by atoms with van der Waals surface area (Å²) in [6.07, 6.45) is 3.11. The predicted molar refractivity (Wildman–Crippen MR) is 116 cm³/mol. The third-order valence-electron chi connectivity index (χ3n) is 5.60. The summed E-state index contributed by atoms with van der Waals surface area (Å²) < 4.78 is 7.29. The Kier molecular flexibility index (Phi) is 6.89. The molecule has 1 aliphatic heterocycles. The number of hydrogen-bond acceptors (Lipinski definition) is 6. The lowest BCUT2D eigenvalue weighted by Gasteiger charge is -2.23. The van der Waals surface area contributed by atoms with Gasteiger partial charge in [-0.1, -0.05) is 42.5 Å². The number of benzene rings is 2. The molecule has 2 atom stereocenters. The molecule has 3 aromatic rings. The summed E-state index contributed by atoms with van der Waals surface area (Å²) in [6.45, 7) is 4.63. The number of hydrogen-bond donors (Lipinski definition) is 1. The highest BCUT2D eigenvalue weighted by molar-refractivity contribution is 5.82. The van der Waals surface area contributed by atoms with Gasteiger partial charge in [-0.05, 0) is 53.5 Å². The highest BCUT2D eigenvalue weighted by Gasteiger charge is 2.38. The zero-order chi connectivity index (χ0) is 21.5. The van der Waals surface area contributed by atoms with E-state index in [-0.39, 0.29) is 18.0 Å².